The van der Waals surface area contributed by atoms with Crippen molar-refractivity contribution in [3.8, 4) is 0 Å². The maximum absolute atomic E-state index is 12.4. The quantitative estimate of drug-likeness (QED) is 0.822. The summed E-state index contributed by atoms with van der Waals surface area (Å²) in [5.41, 5.74) is 5.44. The highest BCUT2D eigenvalue weighted by molar-refractivity contribution is 8.00. The van der Waals surface area contributed by atoms with Crippen molar-refractivity contribution in [3.63, 3.8) is 0 Å². The molecule has 1 amide bonds. The van der Waals surface area contributed by atoms with Gasteiger partial charge in [0.05, 0.1) is 18.6 Å². The zero-order chi connectivity index (χ0) is 13.9. The Morgan fingerprint density at radius 2 is 2.11 bits per heavy atom. The van der Waals surface area contributed by atoms with Gasteiger partial charge < -0.3 is 15.8 Å². The molecular weight excluding hydrogens is 260 g/mol. The SMILES string of the molecule is CSC1(CNC(=O)C2(C)COCC2N)CCCCC1. The molecule has 1 heterocycles. The predicted octanol–water partition coefficient (Wildman–Crippen LogP) is 1.53. The monoisotopic (exact) mass is 286 g/mol. The number of carbonyl (C=O) groups excluding carboxylic acids is 1. The van der Waals surface area contributed by atoms with E-state index in [4.69, 9.17) is 10.5 Å². The van der Waals surface area contributed by atoms with E-state index in [1.807, 2.05) is 18.7 Å². The van der Waals surface area contributed by atoms with Crippen LogP contribution in [-0.2, 0) is 9.53 Å². The molecule has 2 atom stereocenters. The van der Waals surface area contributed by atoms with Crippen LogP contribution >= 0.6 is 11.8 Å². The van der Waals surface area contributed by atoms with Gasteiger partial charge in [0, 0.05) is 17.3 Å². The Kier molecular flexibility index (Phi) is 4.79. The first-order valence-corrected chi connectivity index (χ1v) is 8.42. The lowest BCUT2D eigenvalue weighted by molar-refractivity contribution is -0.130. The Labute approximate surface area is 120 Å². The minimum atomic E-state index is -0.561. The second kappa shape index (κ2) is 6.02. The first-order chi connectivity index (χ1) is 9.02. The van der Waals surface area contributed by atoms with Gasteiger partial charge in [-0.05, 0) is 26.0 Å². The van der Waals surface area contributed by atoms with Crippen LogP contribution in [0.2, 0.25) is 0 Å². The maximum Gasteiger partial charge on any atom is 0.229 e. The summed E-state index contributed by atoms with van der Waals surface area (Å²) in [6, 6.07) is -0.191. The fraction of sp³-hybridized carbons (Fsp3) is 0.929. The normalized spacial score (nSPS) is 34.2. The molecule has 2 aliphatic rings. The zero-order valence-electron chi connectivity index (χ0n) is 12.0. The van der Waals surface area contributed by atoms with E-state index in [1.54, 1.807) is 0 Å². The molecule has 19 heavy (non-hydrogen) atoms. The molecule has 1 aliphatic heterocycles. The van der Waals surface area contributed by atoms with Gasteiger partial charge in [-0.25, -0.2) is 0 Å². The largest absolute Gasteiger partial charge is 0.379 e. The molecule has 1 aliphatic carbocycles. The molecule has 2 unspecified atom stereocenters. The predicted molar refractivity (Wildman–Crippen MR) is 79.2 cm³/mol. The van der Waals surface area contributed by atoms with Gasteiger partial charge in [-0.3, -0.25) is 4.79 Å². The molecule has 5 heteroatoms. The maximum atomic E-state index is 12.4. The minimum absolute atomic E-state index is 0.0523. The third-order valence-electron chi connectivity index (χ3n) is 4.81. The summed E-state index contributed by atoms with van der Waals surface area (Å²) >= 11 is 1.90. The van der Waals surface area contributed by atoms with Crippen LogP contribution in [0.4, 0.5) is 0 Å². The Balaban J connectivity index is 1.92. The Morgan fingerprint density at radius 1 is 1.42 bits per heavy atom. The molecule has 0 aromatic heterocycles. The topological polar surface area (TPSA) is 64.3 Å². The van der Waals surface area contributed by atoms with Gasteiger partial charge in [-0.2, -0.15) is 11.8 Å². The van der Waals surface area contributed by atoms with Crippen molar-refractivity contribution in [3.05, 3.63) is 0 Å². The molecule has 1 saturated carbocycles. The van der Waals surface area contributed by atoms with Crippen LogP contribution in [-0.4, -0.2) is 42.7 Å². The molecule has 0 bridgehead atoms. The van der Waals surface area contributed by atoms with Crippen LogP contribution < -0.4 is 11.1 Å². The Morgan fingerprint density at radius 3 is 2.63 bits per heavy atom. The standard InChI is InChI=1S/C14H26N2O2S/c1-13(10-18-8-11(13)15)12(17)16-9-14(19-2)6-4-3-5-7-14/h11H,3-10,15H2,1-2H3,(H,16,17). The van der Waals surface area contributed by atoms with Gasteiger partial charge in [-0.1, -0.05) is 19.3 Å². The Bertz CT molecular complexity index is 331. The first-order valence-electron chi connectivity index (χ1n) is 7.19. The summed E-state index contributed by atoms with van der Waals surface area (Å²) in [5.74, 6) is 0.0523. The fourth-order valence-corrected chi connectivity index (χ4v) is 3.93. The van der Waals surface area contributed by atoms with Gasteiger partial charge in [0.25, 0.3) is 0 Å². The minimum Gasteiger partial charge on any atom is -0.379 e. The number of hydrogen-bond donors (Lipinski definition) is 2. The van der Waals surface area contributed by atoms with E-state index in [2.05, 4.69) is 11.6 Å². The van der Waals surface area contributed by atoms with Gasteiger partial charge in [0.2, 0.25) is 5.91 Å². The Hall–Kier alpha value is -0.260. The molecule has 2 fully saturated rings. The molecule has 2 rings (SSSR count). The molecule has 1 saturated heterocycles. The highest BCUT2D eigenvalue weighted by Gasteiger charge is 2.45. The molecule has 4 nitrogen and oxygen atoms in total. The van der Waals surface area contributed by atoms with E-state index in [0.29, 0.717) is 13.2 Å². The lowest BCUT2D eigenvalue weighted by atomic mass is 9.84. The molecular formula is C14H26N2O2S. The summed E-state index contributed by atoms with van der Waals surface area (Å²) < 4.78 is 5.58. The summed E-state index contributed by atoms with van der Waals surface area (Å²) in [7, 11) is 0. The second-order valence-corrected chi connectivity index (χ2v) is 7.44. The van der Waals surface area contributed by atoms with E-state index in [0.717, 1.165) is 6.54 Å². The van der Waals surface area contributed by atoms with E-state index in [1.165, 1.54) is 32.1 Å². The van der Waals surface area contributed by atoms with Crippen molar-refractivity contribution in [1.82, 2.24) is 5.32 Å². The summed E-state index contributed by atoms with van der Waals surface area (Å²) in [5, 5.41) is 3.14. The summed E-state index contributed by atoms with van der Waals surface area (Å²) in [4.78, 5) is 12.4. The molecule has 3 N–H and O–H groups in total. The number of nitrogens with two attached hydrogens (primary N) is 1. The fourth-order valence-electron chi connectivity index (χ4n) is 3.02. The molecule has 0 aromatic rings. The third-order valence-corrected chi connectivity index (χ3v) is 6.22. The van der Waals surface area contributed by atoms with Crippen LogP contribution in [0, 0.1) is 5.41 Å². The van der Waals surface area contributed by atoms with Crippen molar-refractivity contribution in [1.29, 1.82) is 0 Å². The van der Waals surface area contributed by atoms with Crippen LogP contribution in [0.1, 0.15) is 39.0 Å². The average molecular weight is 286 g/mol. The van der Waals surface area contributed by atoms with E-state index in [-0.39, 0.29) is 16.7 Å². The highest BCUT2D eigenvalue weighted by Crippen LogP contribution is 2.38. The lowest BCUT2D eigenvalue weighted by Crippen LogP contribution is -2.53. The molecule has 0 aromatic carbocycles. The van der Waals surface area contributed by atoms with Crippen LogP contribution in [0.3, 0.4) is 0 Å². The van der Waals surface area contributed by atoms with Crippen molar-refractivity contribution >= 4 is 17.7 Å². The summed E-state index contributed by atoms with van der Waals surface area (Å²) in [6.07, 6.45) is 8.44. The average Bonchev–Trinajstić information content (AvgIpc) is 2.78. The first kappa shape index (κ1) is 15.1. The number of amides is 1. The van der Waals surface area contributed by atoms with E-state index >= 15 is 0 Å². The van der Waals surface area contributed by atoms with Crippen molar-refractivity contribution in [2.45, 2.75) is 49.8 Å². The van der Waals surface area contributed by atoms with Crippen molar-refractivity contribution < 1.29 is 9.53 Å². The van der Waals surface area contributed by atoms with Crippen molar-refractivity contribution in [2.75, 3.05) is 26.0 Å². The second-order valence-electron chi connectivity index (χ2n) is 6.17. The highest BCUT2D eigenvalue weighted by atomic mass is 32.2. The zero-order valence-corrected chi connectivity index (χ0v) is 12.9. The van der Waals surface area contributed by atoms with Crippen LogP contribution in [0.25, 0.3) is 0 Å². The van der Waals surface area contributed by atoms with Gasteiger partial charge >= 0.3 is 0 Å². The van der Waals surface area contributed by atoms with E-state index < -0.39 is 5.41 Å². The number of nitrogens with one attached hydrogen (secondary N) is 1. The third kappa shape index (κ3) is 3.09. The summed E-state index contributed by atoms with van der Waals surface area (Å²) in [6.45, 7) is 3.59. The van der Waals surface area contributed by atoms with E-state index in [9.17, 15) is 4.79 Å². The number of hydrogen-bond acceptors (Lipinski definition) is 4. The number of ether oxygens (including phenoxy) is 1. The van der Waals surface area contributed by atoms with Gasteiger partial charge in [0.1, 0.15) is 0 Å². The number of carbonyl (C=O) groups is 1. The van der Waals surface area contributed by atoms with Gasteiger partial charge in [-0.15, -0.1) is 0 Å². The number of rotatable bonds is 4. The van der Waals surface area contributed by atoms with Gasteiger partial charge in [0.15, 0.2) is 0 Å². The number of thioether (sulfide) groups is 1. The molecule has 0 spiro atoms. The van der Waals surface area contributed by atoms with Crippen molar-refractivity contribution in [2.24, 2.45) is 11.1 Å². The molecule has 110 valence electrons. The van der Waals surface area contributed by atoms with Crippen LogP contribution in [0.5, 0.6) is 0 Å². The molecule has 0 radical (unpaired) electrons. The van der Waals surface area contributed by atoms with Crippen LogP contribution in [0.15, 0.2) is 0 Å². The lowest BCUT2D eigenvalue weighted by Gasteiger charge is -2.37. The smallest absolute Gasteiger partial charge is 0.229 e.